The Bertz CT molecular complexity index is 680. The molecule has 4 heteroatoms. The van der Waals surface area contributed by atoms with Gasteiger partial charge in [0.15, 0.2) is 0 Å². The van der Waals surface area contributed by atoms with E-state index in [2.05, 4.69) is 11.9 Å². The number of unbranched alkanes of at least 4 members (excludes halogenated alkanes) is 4. The molecule has 4 nitrogen and oxygen atoms in total. The summed E-state index contributed by atoms with van der Waals surface area (Å²) in [4.78, 5) is 16.4. The highest BCUT2D eigenvalue weighted by molar-refractivity contribution is 5.88. The van der Waals surface area contributed by atoms with Crippen LogP contribution in [0.15, 0.2) is 42.5 Å². The topological polar surface area (TPSA) is 48.4 Å². The number of pyridine rings is 1. The van der Waals surface area contributed by atoms with Gasteiger partial charge in [0.05, 0.1) is 18.4 Å². The van der Waals surface area contributed by atoms with Gasteiger partial charge in [-0.1, -0.05) is 38.7 Å². The average Bonchev–Trinajstić information content (AvgIpc) is 2.64. The van der Waals surface area contributed by atoms with Gasteiger partial charge in [0.25, 0.3) is 0 Å². The van der Waals surface area contributed by atoms with Gasteiger partial charge in [0.2, 0.25) is 0 Å². The summed E-state index contributed by atoms with van der Waals surface area (Å²) in [5.74, 6) is 0.462. The number of nitrogens with zero attached hydrogens (tertiary/aromatic N) is 1. The molecule has 2 aromatic rings. The first-order valence-corrected chi connectivity index (χ1v) is 9.51. The fourth-order valence-corrected chi connectivity index (χ4v) is 2.60. The maximum absolute atomic E-state index is 12.0. The standard InChI is InChI=1S/C22H29NO3/c1-4-5-6-7-8-16-25-19-14-12-18(13-15-19)20-10-9-11-21(23-20)22(24)26-17(2)3/h9-15,17H,4-8,16H2,1-3H3. The Morgan fingerprint density at radius 2 is 1.73 bits per heavy atom. The largest absolute Gasteiger partial charge is 0.494 e. The van der Waals surface area contributed by atoms with Crippen LogP contribution in [0, 0.1) is 0 Å². The molecular formula is C22H29NO3. The molecule has 0 radical (unpaired) electrons. The van der Waals surface area contributed by atoms with Crippen molar-refractivity contribution in [3.05, 3.63) is 48.2 Å². The zero-order valence-corrected chi connectivity index (χ0v) is 16.0. The van der Waals surface area contributed by atoms with Crippen LogP contribution in [0.25, 0.3) is 11.3 Å². The van der Waals surface area contributed by atoms with Crippen molar-refractivity contribution in [1.29, 1.82) is 0 Å². The van der Waals surface area contributed by atoms with E-state index < -0.39 is 5.97 Å². The summed E-state index contributed by atoms with van der Waals surface area (Å²) in [5, 5.41) is 0. The molecule has 0 N–H and O–H groups in total. The molecule has 140 valence electrons. The minimum Gasteiger partial charge on any atom is -0.494 e. The third-order valence-corrected chi connectivity index (χ3v) is 3.97. The number of benzene rings is 1. The van der Waals surface area contributed by atoms with Crippen molar-refractivity contribution in [2.24, 2.45) is 0 Å². The van der Waals surface area contributed by atoms with Crippen LogP contribution in [0.2, 0.25) is 0 Å². The van der Waals surface area contributed by atoms with Gasteiger partial charge >= 0.3 is 5.97 Å². The second-order valence-electron chi connectivity index (χ2n) is 6.65. The highest BCUT2D eigenvalue weighted by Gasteiger charge is 2.12. The predicted octanol–water partition coefficient (Wildman–Crippen LogP) is 5.66. The minimum atomic E-state index is -0.398. The van der Waals surface area contributed by atoms with Gasteiger partial charge in [-0.2, -0.15) is 0 Å². The van der Waals surface area contributed by atoms with Gasteiger partial charge in [-0.15, -0.1) is 0 Å². The zero-order valence-electron chi connectivity index (χ0n) is 16.0. The molecule has 0 spiro atoms. The van der Waals surface area contributed by atoms with Crippen molar-refractivity contribution in [3.8, 4) is 17.0 Å². The van der Waals surface area contributed by atoms with Crippen molar-refractivity contribution in [2.45, 2.75) is 59.0 Å². The van der Waals surface area contributed by atoms with Gasteiger partial charge < -0.3 is 9.47 Å². The summed E-state index contributed by atoms with van der Waals surface area (Å²) in [6.07, 6.45) is 5.97. The Labute approximate surface area is 156 Å². The van der Waals surface area contributed by atoms with Gasteiger partial charge in [-0.25, -0.2) is 9.78 Å². The molecule has 0 atom stereocenters. The molecule has 2 rings (SSSR count). The van der Waals surface area contributed by atoms with Crippen LogP contribution < -0.4 is 4.74 Å². The van der Waals surface area contributed by atoms with E-state index >= 15 is 0 Å². The fraction of sp³-hybridized carbons (Fsp3) is 0.455. The molecule has 0 saturated carbocycles. The lowest BCUT2D eigenvalue weighted by atomic mass is 10.1. The maximum atomic E-state index is 12.0. The van der Waals surface area contributed by atoms with Crippen molar-refractivity contribution in [1.82, 2.24) is 4.98 Å². The monoisotopic (exact) mass is 355 g/mol. The zero-order chi connectivity index (χ0) is 18.8. The van der Waals surface area contributed by atoms with Gasteiger partial charge in [-0.05, 0) is 56.7 Å². The average molecular weight is 355 g/mol. The maximum Gasteiger partial charge on any atom is 0.357 e. The molecular weight excluding hydrogens is 326 g/mol. The summed E-state index contributed by atoms with van der Waals surface area (Å²) in [6, 6.07) is 13.2. The molecule has 1 aromatic carbocycles. The van der Waals surface area contributed by atoms with Gasteiger partial charge in [0, 0.05) is 5.56 Å². The van der Waals surface area contributed by atoms with E-state index in [4.69, 9.17) is 9.47 Å². The number of rotatable bonds is 10. The molecule has 0 amide bonds. The highest BCUT2D eigenvalue weighted by atomic mass is 16.5. The number of hydrogen-bond donors (Lipinski definition) is 0. The molecule has 0 aliphatic rings. The van der Waals surface area contributed by atoms with Crippen molar-refractivity contribution < 1.29 is 14.3 Å². The molecule has 0 fully saturated rings. The molecule has 1 heterocycles. The van der Waals surface area contributed by atoms with Crippen LogP contribution in [0.3, 0.4) is 0 Å². The van der Waals surface area contributed by atoms with Crippen LogP contribution in [-0.4, -0.2) is 23.7 Å². The van der Waals surface area contributed by atoms with Crippen molar-refractivity contribution >= 4 is 5.97 Å². The first-order chi connectivity index (χ1) is 12.6. The lowest BCUT2D eigenvalue weighted by Crippen LogP contribution is -2.13. The Balaban J connectivity index is 1.92. The van der Waals surface area contributed by atoms with Crippen molar-refractivity contribution in [2.75, 3.05) is 6.61 Å². The van der Waals surface area contributed by atoms with Crippen LogP contribution in [0.4, 0.5) is 0 Å². The number of ether oxygens (including phenoxy) is 2. The van der Waals surface area contributed by atoms with Crippen LogP contribution >= 0.6 is 0 Å². The predicted molar refractivity (Wildman–Crippen MR) is 104 cm³/mol. The number of carbonyl (C=O) groups is 1. The second kappa shape index (κ2) is 10.6. The number of aromatic nitrogens is 1. The fourth-order valence-electron chi connectivity index (χ4n) is 2.60. The Hall–Kier alpha value is -2.36. The smallest absolute Gasteiger partial charge is 0.357 e. The van der Waals surface area contributed by atoms with Crippen molar-refractivity contribution in [3.63, 3.8) is 0 Å². The summed E-state index contributed by atoms with van der Waals surface area (Å²) >= 11 is 0. The molecule has 0 bridgehead atoms. The third kappa shape index (κ3) is 6.51. The summed E-state index contributed by atoms with van der Waals surface area (Å²) in [6.45, 7) is 6.61. The molecule has 0 saturated heterocycles. The third-order valence-electron chi connectivity index (χ3n) is 3.97. The number of carbonyl (C=O) groups excluding carboxylic acids is 1. The van der Waals surface area contributed by atoms with Gasteiger partial charge in [-0.3, -0.25) is 0 Å². The summed E-state index contributed by atoms with van der Waals surface area (Å²) in [7, 11) is 0. The summed E-state index contributed by atoms with van der Waals surface area (Å²) in [5.41, 5.74) is 2.01. The minimum absolute atomic E-state index is 0.161. The van der Waals surface area contributed by atoms with Crippen LogP contribution in [0.1, 0.15) is 63.4 Å². The Morgan fingerprint density at radius 3 is 2.42 bits per heavy atom. The van der Waals surface area contributed by atoms with Gasteiger partial charge in [0.1, 0.15) is 11.4 Å². The second-order valence-corrected chi connectivity index (χ2v) is 6.65. The number of hydrogen-bond acceptors (Lipinski definition) is 4. The lowest BCUT2D eigenvalue weighted by molar-refractivity contribution is 0.0371. The van der Waals surface area contributed by atoms with E-state index in [9.17, 15) is 4.79 Å². The normalized spacial score (nSPS) is 10.8. The highest BCUT2D eigenvalue weighted by Crippen LogP contribution is 2.21. The molecule has 0 aliphatic heterocycles. The van der Waals surface area contributed by atoms with E-state index in [1.807, 2.05) is 50.2 Å². The quantitative estimate of drug-likeness (QED) is 0.407. The number of esters is 1. The van der Waals surface area contributed by atoms with Crippen LogP contribution in [-0.2, 0) is 4.74 Å². The molecule has 26 heavy (non-hydrogen) atoms. The van der Waals surface area contributed by atoms with E-state index in [1.165, 1.54) is 25.7 Å². The molecule has 0 unspecified atom stereocenters. The lowest BCUT2D eigenvalue weighted by Gasteiger charge is -2.09. The first-order valence-electron chi connectivity index (χ1n) is 9.51. The van der Waals surface area contributed by atoms with E-state index in [0.717, 1.165) is 30.0 Å². The first kappa shape index (κ1) is 20.0. The van der Waals surface area contributed by atoms with E-state index in [-0.39, 0.29) is 6.10 Å². The van der Waals surface area contributed by atoms with Crippen LogP contribution in [0.5, 0.6) is 5.75 Å². The van der Waals surface area contributed by atoms with E-state index in [1.54, 1.807) is 6.07 Å². The SMILES string of the molecule is CCCCCCCOc1ccc(-c2cccc(C(=O)OC(C)C)n2)cc1. The molecule has 0 aliphatic carbocycles. The van der Waals surface area contributed by atoms with E-state index in [0.29, 0.717) is 5.69 Å². The summed E-state index contributed by atoms with van der Waals surface area (Å²) < 4.78 is 11.0. The Morgan fingerprint density at radius 1 is 1.00 bits per heavy atom. The molecule has 1 aromatic heterocycles. The Kier molecular flexibility index (Phi) is 8.13.